The number of carboxylic acid groups (broad SMARTS) is 1. The van der Waals surface area contributed by atoms with Crippen molar-refractivity contribution in [2.45, 2.75) is 65.3 Å². The molecule has 0 radical (unpaired) electrons. The highest BCUT2D eigenvalue weighted by molar-refractivity contribution is 5.96. The fourth-order valence-electron chi connectivity index (χ4n) is 5.05. The van der Waals surface area contributed by atoms with E-state index < -0.39 is 41.8 Å². The van der Waals surface area contributed by atoms with Gasteiger partial charge in [0.05, 0.1) is 0 Å². The van der Waals surface area contributed by atoms with Crippen LogP contribution >= 0.6 is 0 Å². The number of carbonyl (C=O) groups is 4. The number of nitrogens with two attached hydrogens (primary N) is 1. The maximum Gasteiger partial charge on any atom is 0.414 e. The summed E-state index contributed by atoms with van der Waals surface area (Å²) in [5, 5.41) is 24.0. The van der Waals surface area contributed by atoms with E-state index in [4.69, 9.17) is 21.0 Å². The Kier molecular flexibility index (Phi) is 15.5. The molecule has 3 atom stereocenters. The van der Waals surface area contributed by atoms with Crippen LogP contribution in [0.3, 0.4) is 0 Å². The Bertz CT molecular complexity index is 1090. The second-order valence-electron chi connectivity index (χ2n) is 12.1. The van der Waals surface area contributed by atoms with Crippen LogP contribution in [0.2, 0.25) is 0 Å². The lowest BCUT2D eigenvalue weighted by Crippen LogP contribution is -2.50. The van der Waals surface area contributed by atoms with E-state index in [0.717, 1.165) is 18.5 Å². The molecule has 0 aliphatic heterocycles. The molecule has 1 aromatic rings. The predicted molar refractivity (Wildman–Crippen MR) is 166 cm³/mol. The summed E-state index contributed by atoms with van der Waals surface area (Å²) >= 11 is 0. The van der Waals surface area contributed by atoms with Crippen molar-refractivity contribution in [2.75, 3.05) is 47.3 Å². The Hall–Kier alpha value is -3.87. The Morgan fingerprint density at radius 2 is 1.81 bits per heavy atom. The van der Waals surface area contributed by atoms with Crippen molar-refractivity contribution in [3.63, 3.8) is 0 Å². The van der Waals surface area contributed by atoms with Crippen LogP contribution in [0.1, 0.15) is 64.9 Å². The van der Waals surface area contributed by atoms with E-state index in [-0.39, 0.29) is 25.5 Å². The number of hydrogen-bond donors (Lipinski definition) is 6. The first-order chi connectivity index (χ1) is 20.0. The Balaban J connectivity index is 2.79. The van der Waals surface area contributed by atoms with E-state index in [1.165, 1.54) is 4.90 Å². The molecule has 43 heavy (non-hydrogen) atoms. The first kappa shape index (κ1) is 37.2. The van der Waals surface area contributed by atoms with Crippen LogP contribution in [0.25, 0.3) is 0 Å². The van der Waals surface area contributed by atoms with E-state index in [1.807, 2.05) is 26.0 Å². The van der Waals surface area contributed by atoms with Crippen molar-refractivity contribution < 1.29 is 29.0 Å². The molecule has 0 aliphatic carbocycles. The Morgan fingerprint density at radius 3 is 2.40 bits per heavy atom. The van der Waals surface area contributed by atoms with Crippen molar-refractivity contribution >= 4 is 29.8 Å². The number of ether oxygens (including phenoxy) is 1. The largest absolute Gasteiger partial charge is 0.481 e. The molecule has 3 amide bonds. The maximum absolute atomic E-state index is 13.0. The van der Waals surface area contributed by atoms with Crippen LogP contribution in [0.15, 0.2) is 24.3 Å². The summed E-state index contributed by atoms with van der Waals surface area (Å²) in [5.41, 5.74) is 5.83. The summed E-state index contributed by atoms with van der Waals surface area (Å²) in [6.45, 7) is 9.84. The third-order valence-electron chi connectivity index (χ3n) is 6.94. The predicted octanol–water partition coefficient (Wildman–Crippen LogP) is 2.17. The zero-order chi connectivity index (χ0) is 32.7. The summed E-state index contributed by atoms with van der Waals surface area (Å²) in [4.78, 5) is 52.4. The number of carbonyl (C=O) groups excluding carboxylic acids is 3. The van der Waals surface area contributed by atoms with Gasteiger partial charge in [-0.25, -0.2) is 4.79 Å². The fourth-order valence-corrected chi connectivity index (χ4v) is 5.05. The standard InChI is InChI=1S/C30H51N7O6/c1-8-23(20(2)17-36(5)6)21-11-9-12-22(15-21)43-29(42)37(7)19-30(3,4)18-34-27(41)24(13-10-14-33-28(31)32)35-25(38)16-26(39)40/h9,11-12,15,20,23-24H,8,10,13-14,16-19H2,1-7H3,(H,34,41)(H,35,38)(H,39,40)(H4,31,32,33)/t20-,23+,24-/m0/s1. The molecule has 0 aliphatic rings. The van der Waals surface area contributed by atoms with Crippen LogP contribution in [-0.4, -0.2) is 98.1 Å². The Morgan fingerprint density at radius 1 is 1.14 bits per heavy atom. The summed E-state index contributed by atoms with van der Waals surface area (Å²) in [7, 11) is 5.74. The lowest BCUT2D eigenvalue weighted by Gasteiger charge is -2.31. The topological polar surface area (TPSA) is 190 Å². The van der Waals surface area contributed by atoms with Gasteiger partial charge in [0.25, 0.3) is 0 Å². The first-order valence-corrected chi connectivity index (χ1v) is 14.6. The van der Waals surface area contributed by atoms with E-state index in [1.54, 1.807) is 13.1 Å². The number of rotatable bonds is 18. The average molecular weight is 606 g/mol. The van der Waals surface area contributed by atoms with Gasteiger partial charge in [0, 0.05) is 33.2 Å². The van der Waals surface area contributed by atoms with Crippen LogP contribution in [-0.2, 0) is 14.4 Å². The van der Waals surface area contributed by atoms with Gasteiger partial charge in [0.1, 0.15) is 18.2 Å². The normalized spacial score (nSPS) is 13.4. The minimum atomic E-state index is -1.30. The van der Waals surface area contributed by atoms with E-state index >= 15 is 0 Å². The molecule has 0 heterocycles. The van der Waals surface area contributed by atoms with Gasteiger partial charge in [-0.2, -0.15) is 0 Å². The van der Waals surface area contributed by atoms with Gasteiger partial charge in [-0.1, -0.05) is 39.8 Å². The fraction of sp³-hybridized carbons (Fsp3) is 0.633. The molecule has 1 rings (SSSR count). The molecule has 0 fully saturated rings. The minimum Gasteiger partial charge on any atom is -0.481 e. The molecule has 242 valence electrons. The molecule has 7 N–H and O–H groups in total. The SMILES string of the molecule is CC[C@@H](c1cccc(OC(=O)N(C)CC(C)(C)CNC(=O)[C@H](CCCNC(=N)N)NC(=O)CC(=O)O)c1)[C@@H](C)CN(C)C. The Labute approximate surface area is 255 Å². The molecule has 0 aromatic heterocycles. The van der Waals surface area contributed by atoms with Crippen LogP contribution in [0.4, 0.5) is 4.79 Å². The van der Waals surface area contributed by atoms with E-state index in [2.05, 4.69) is 54.9 Å². The zero-order valence-corrected chi connectivity index (χ0v) is 26.7. The molecular weight excluding hydrogens is 554 g/mol. The van der Waals surface area contributed by atoms with E-state index in [9.17, 15) is 19.2 Å². The smallest absolute Gasteiger partial charge is 0.414 e. The van der Waals surface area contributed by atoms with Crippen LogP contribution < -0.4 is 26.4 Å². The molecule has 0 saturated heterocycles. The van der Waals surface area contributed by atoms with Crippen molar-refractivity contribution in [2.24, 2.45) is 17.1 Å². The van der Waals surface area contributed by atoms with Gasteiger partial charge in [0.15, 0.2) is 5.96 Å². The molecule has 0 saturated carbocycles. The second kappa shape index (κ2) is 17.9. The van der Waals surface area contributed by atoms with Gasteiger partial charge in [-0.3, -0.25) is 19.8 Å². The average Bonchev–Trinajstić information content (AvgIpc) is 2.88. The third-order valence-corrected chi connectivity index (χ3v) is 6.94. The highest BCUT2D eigenvalue weighted by Crippen LogP contribution is 2.31. The summed E-state index contributed by atoms with van der Waals surface area (Å²) in [6.07, 6.45) is 0.285. The number of hydrogen-bond acceptors (Lipinski definition) is 7. The number of aliphatic carboxylic acids is 1. The molecule has 0 unspecified atom stereocenters. The van der Waals surface area contributed by atoms with Gasteiger partial charge >= 0.3 is 12.1 Å². The molecule has 1 aromatic carbocycles. The van der Waals surface area contributed by atoms with Crippen molar-refractivity contribution in [3.8, 4) is 5.75 Å². The highest BCUT2D eigenvalue weighted by Gasteiger charge is 2.28. The lowest BCUT2D eigenvalue weighted by molar-refractivity contribution is -0.141. The molecular formula is C30H51N7O6. The number of benzene rings is 1. The number of nitrogens with one attached hydrogen (secondary N) is 4. The maximum atomic E-state index is 13.0. The quantitative estimate of drug-likeness (QED) is 0.0630. The molecule has 13 nitrogen and oxygen atoms in total. The van der Waals surface area contributed by atoms with Gasteiger partial charge < -0.3 is 41.3 Å². The molecule has 0 spiro atoms. The third kappa shape index (κ3) is 14.7. The van der Waals surface area contributed by atoms with Crippen LogP contribution in [0.5, 0.6) is 5.75 Å². The first-order valence-electron chi connectivity index (χ1n) is 14.6. The van der Waals surface area contributed by atoms with Crippen molar-refractivity contribution in [1.82, 2.24) is 25.8 Å². The van der Waals surface area contributed by atoms with Crippen molar-refractivity contribution in [1.29, 1.82) is 5.41 Å². The van der Waals surface area contributed by atoms with Gasteiger partial charge in [-0.15, -0.1) is 0 Å². The highest BCUT2D eigenvalue weighted by atomic mass is 16.6. The van der Waals surface area contributed by atoms with Gasteiger partial charge in [0.2, 0.25) is 11.8 Å². The second-order valence-corrected chi connectivity index (χ2v) is 12.1. The minimum absolute atomic E-state index is 0.178. The zero-order valence-electron chi connectivity index (χ0n) is 26.7. The van der Waals surface area contributed by atoms with E-state index in [0.29, 0.717) is 30.6 Å². The number of nitrogens with zero attached hydrogens (tertiary/aromatic N) is 2. The molecule has 0 bridgehead atoms. The molecule has 13 heteroatoms. The van der Waals surface area contributed by atoms with Crippen molar-refractivity contribution in [3.05, 3.63) is 29.8 Å². The van der Waals surface area contributed by atoms with Crippen LogP contribution in [0, 0.1) is 16.7 Å². The number of guanidine groups is 1. The van der Waals surface area contributed by atoms with Gasteiger partial charge in [-0.05, 0) is 68.3 Å². The number of carboxylic acids is 1. The summed E-state index contributed by atoms with van der Waals surface area (Å²) in [5.74, 6) is -1.57. The number of amides is 3. The summed E-state index contributed by atoms with van der Waals surface area (Å²) < 4.78 is 5.69. The monoisotopic (exact) mass is 605 g/mol. The summed E-state index contributed by atoms with van der Waals surface area (Å²) in [6, 6.07) is 6.66. The lowest BCUT2D eigenvalue weighted by atomic mass is 9.85.